The second-order valence-corrected chi connectivity index (χ2v) is 3.92. The van der Waals surface area contributed by atoms with Crippen molar-refractivity contribution in [2.24, 2.45) is 0 Å². The summed E-state index contributed by atoms with van der Waals surface area (Å²) in [7, 11) is 0. The van der Waals surface area contributed by atoms with Gasteiger partial charge in [-0.2, -0.15) is 10.4 Å². The Hall–Kier alpha value is -2.06. The molecule has 0 aliphatic carbocycles. The first-order chi connectivity index (χ1) is 8.22. The highest BCUT2D eigenvalue weighted by Crippen LogP contribution is 2.25. The summed E-state index contributed by atoms with van der Waals surface area (Å²) in [5.74, 6) is 0.703. The van der Waals surface area contributed by atoms with Gasteiger partial charge in [-0.3, -0.25) is 5.10 Å². The molecule has 0 aliphatic heterocycles. The number of nitrogens with zero attached hydrogens (tertiary/aromatic N) is 3. The van der Waals surface area contributed by atoms with E-state index in [1.165, 1.54) is 6.33 Å². The maximum atomic E-state index is 9.03. The highest BCUT2D eigenvalue weighted by Gasteiger charge is 2.12. The Morgan fingerprint density at radius 3 is 3.00 bits per heavy atom. The molecule has 17 heavy (non-hydrogen) atoms. The van der Waals surface area contributed by atoms with Gasteiger partial charge in [0.25, 0.3) is 0 Å². The van der Waals surface area contributed by atoms with Gasteiger partial charge in [-0.1, -0.05) is 17.7 Å². The number of anilines is 1. The zero-order valence-electron chi connectivity index (χ0n) is 9.11. The van der Waals surface area contributed by atoms with E-state index in [2.05, 4.69) is 26.6 Å². The molecule has 1 heterocycles. The van der Waals surface area contributed by atoms with Crippen LogP contribution in [0.3, 0.4) is 0 Å². The number of aromatic nitrogens is 3. The molecule has 86 valence electrons. The van der Waals surface area contributed by atoms with Crippen molar-refractivity contribution in [3.8, 4) is 6.07 Å². The van der Waals surface area contributed by atoms with Gasteiger partial charge < -0.3 is 5.32 Å². The number of H-pyrrole nitrogens is 1. The molecule has 1 unspecified atom stereocenters. The van der Waals surface area contributed by atoms with Crippen molar-refractivity contribution in [3.63, 3.8) is 0 Å². The molecule has 0 spiro atoms. The molecule has 1 aromatic heterocycles. The van der Waals surface area contributed by atoms with Crippen molar-refractivity contribution in [1.82, 2.24) is 15.2 Å². The summed E-state index contributed by atoms with van der Waals surface area (Å²) >= 11 is 5.94. The van der Waals surface area contributed by atoms with Gasteiger partial charge in [-0.15, -0.1) is 0 Å². The van der Waals surface area contributed by atoms with E-state index in [0.717, 1.165) is 0 Å². The molecular weight excluding hydrogens is 238 g/mol. The van der Waals surface area contributed by atoms with Crippen molar-refractivity contribution in [2.45, 2.75) is 13.0 Å². The van der Waals surface area contributed by atoms with Gasteiger partial charge in [0.05, 0.1) is 22.3 Å². The summed E-state index contributed by atoms with van der Waals surface area (Å²) in [5, 5.41) is 19.2. The van der Waals surface area contributed by atoms with E-state index < -0.39 is 0 Å². The Kier molecular flexibility index (Phi) is 3.26. The molecule has 0 bridgehead atoms. The maximum absolute atomic E-state index is 9.03. The fourth-order valence-corrected chi connectivity index (χ4v) is 1.70. The quantitative estimate of drug-likeness (QED) is 0.874. The van der Waals surface area contributed by atoms with Gasteiger partial charge in [0.15, 0.2) is 0 Å². The third-order valence-electron chi connectivity index (χ3n) is 2.34. The largest absolute Gasteiger partial charge is 0.374 e. The first-order valence-electron chi connectivity index (χ1n) is 5.02. The van der Waals surface area contributed by atoms with E-state index in [1.807, 2.05) is 6.92 Å². The third-order valence-corrected chi connectivity index (χ3v) is 2.66. The zero-order valence-corrected chi connectivity index (χ0v) is 9.86. The summed E-state index contributed by atoms with van der Waals surface area (Å²) < 4.78 is 0. The normalized spacial score (nSPS) is 11.8. The van der Waals surface area contributed by atoms with Crippen LogP contribution in [0.4, 0.5) is 5.69 Å². The van der Waals surface area contributed by atoms with Crippen LogP contribution in [0.25, 0.3) is 0 Å². The van der Waals surface area contributed by atoms with Crippen molar-refractivity contribution in [1.29, 1.82) is 5.26 Å². The van der Waals surface area contributed by atoms with Crippen molar-refractivity contribution >= 4 is 17.3 Å². The van der Waals surface area contributed by atoms with Gasteiger partial charge in [0.1, 0.15) is 18.2 Å². The molecule has 0 amide bonds. The van der Waals surface area contributed by atoms with Crippen LogP contribution < -0.4 is 5.32 Å². The van der Waals surface area contributed by atoms with E-state index >= 15 is 0 Å². The number of nitriles is 1. The fraction of sp³-hybridized carbons (Fsp3) is 0.182. The molecule has 0 saturated carbocycles. The first kappa shape index (κ1) is 11.4. The number of halogens is 1. The van der Waals surface area contributed by atoms with Crippen LogP contribution in [-0.2, 0) is 0 Å². The smallest absolute Gasteiger partial charge is 0.146 e. The predicted molar refractivity (Wildman–Crippen MR) is 64.6 cm³/mol. The molecule has 6 heteroatoms. The Morgan fingerprint density at radius 1 is 1.53 bits per heavy atom. The lowest BCUT2D eigenvalue weighted by Gasteiger charge is -2.14. The lowest BCUT2D eigenvalue weighted by molar-refractivity contribution is 0.795. The van der Waals surface area contributed by atoms with E-state index in [0.29, 0.717) is 22.1 Å². The van der Waals surface area contributed by atoms with Crippen molar-refractivity contribution in [2.75, 3.05) is 5.32 Å². The Bertz CT molecular complexity index is 543. The summed E-state index contributed by atoms with van der Waals surface area (Å²) in [5.41, 5.74) is 1.12. The average Bonchev–Trinajstić information content (AvgIpc) is 2.82. The van der Waals surface area contributed by atoms with E-state index in [-0.39, 0.29) is 6.04 Å². The molecule has 5 nitrogen and oxygen atoms in total. The fourth-order valence-electron chi connectivity index (χ4n) is 1.48. The highest BCUT2D eigenvalue weighted by molar-refractivity contribution is 6.32. The SMILES string of the molecule is CC(Nc1cccc(Cl)c1C#N)c1ncn[nH]1. The van der Waals surface area contributed by atoms with Gasteiger partial charge >= 0.3 is 0 Å². The second kappa shape index (κ2) is 4.85. The standard InChI is InChI=1S/C11H10ClN5/c1-7(11-14-6-15-17-11)16-10-4-2-3-9(12)8(10)5-13/h2-4,6-7,16H,1H3,(H,14,15,17). The van der Waals surface area contributed by atoms with Gasteiger partial charge in [0.2, 0.25) is 0 Å². The predicted octanol–water partition coefficient (Wildman–Crippen LogP) is 2.50. The molecule has 0 radical (unpaired) electrons. The third kappa shape index (κ3) is 2.37. The van der Waals surface area contributed by atoms with Crippen LogP contribution >= 0.6 is 11.6 Å². The van der Waals surface area contributed by atoms with E-state index in [9.17, 15) is 0 Å². The number of nitrogens with one attached hydrogen (secondary N) is 2. The number of benzene rings is 1. The molecule has 0 fully saturated rings. The molecule has 1 atom stereocenters. The average molecular weight is 248 g/mol. The Balaban J connectivity index is 2.25. The summed E-state index contributed by atoms with van der Waals surface area (Å²) in [6.07, 6.45) is 1.44. The van der Waals surface area contributed by atoms with Gasteiger partial charge in [-0.25, -0.2) is 4.98 Å². The molecule has 2 rings (SSSR count). The van der Waals surface area contributed by atoms with Crippen LogP contribution in [0, 0.1) is 11.3 Å². The molecule has 0 saturated heterocycles. The van der Waals surface area contributed by atoms with Gasteiger partial charge in [-0.05, 0) is 19.1 Å². The number of aromatic amines is 1. The number of hydrogen-bond acceptors (Lipinski definition) is 4. The van der Waals surface area contributed by atoms with Crippen LogP contribution in [0.2, 0.25) is 5.02 Å². The molecule has 0 aliphatic rings. The van der Waals surface area contributed by atoms with Crippen molar-refractivity contribution in [3.05, 3.63) is 40.9 Å². The molecule has 2 N–H and O–H groups in total. The minimum absolute atomic E-state index is 0.0805. The van der Waals surface area contributed by atoms with Gasteiger partial charge in [0, 0.05) is 0 Å². The molecule has 2 aromatic rings. The van der Waals surface area contributed by atoms with E-state index in [1.54, 1.807) is 18.2 Å². The monoisotopic (exact) mass is 247 g/mol. The van der Waals surface area contributed by atoms with E-state index in [4.69, 9.17) is 16.9 Å². The minimum atomic E-state index is -0.0805. The Morgan fingerprint density at radius 2 is 2.35 bits per heavy atom. The highest BCUT2D eigenvalue weighted by atomic mass is 35.5. The summed E-state index contributed by atoms with van der Waals surface area (Å²) in [6.45, 7) is 1.92. The summed E-state index contributed by atoms with van der Waals surface area (Å²) in [4.78, 5) is 4.05. The van der Waals surface area contributed by atoms with Crippen LogP contribution in [0.5, 0.6) is 0 Å². The minimum Gasteiger partial charge on any atom is -0.374 e. The van der Waals surface area contributed by atoms with Crippen LogP contribution in [-0.4, -0.2) is 15.2 Å². The van der Waals surface area contributed by atoms with Crippen LogP contribution in [0.15, 0.2) is 24.5 Å². The topological polar surface area (TPSA) is 77.4 Å². The lowest BCUT2D eigenvalue weighted by atomic mass is 10.1. The van der Waals surface area contributed by atoms with Crippen molar-refractivity contribution < 1.29 is 0 Å². The number of hydrogen-bond donors (Lipinski definition) is 2. The second-order valence-electron chi connectivity index (χ2n) is 3.51. The van der Waals surface area contributed by atoms with Crippen LogP contribution in [0.1, 0.15) is 24.4 Å². The zero-order chi connectivity index (χ0) is 12.3. The number of rotatable bonds is 3. The first-order valence-corrected chi connectivity index (χ1v) is 5.40. The molecular formula is C11H10ClN5. The Labute approximate surface area is 103 Å². The summed E-state index contributed by atoms with van der Waals surface area (Å²) in [6, 6.07) is 7.27. The maximum Gasteiger partial charge on any atom is 0.146 e. The molecule has 1 aromatic carbocycles. The lowest BCUT2D eigenvalue weighted by Crippen LogP contribution is -2.09.